The third-order valence-electron chi connectivity index (χ3n) is 3.32. The van der Waals surface area contributed by atoms with E-state index in [1.807, 2.05) is 42.5 Å². The van der Waals surface area contributed by atoms with Crippen LogP contribution in [0, 0.1) is 0 Å². The van der Waals surface area contributed by atoms with Gasteiger partial charge in [-0.1, -0.05) is 30.3 Å². The second-order valence-electron chi connectivity index (χ2n) is 5.19. The van der Waals surface area contributed by atoms with Crippen LogP contribution in [0.3, 0.4) is 0 Å². The number of rotatable bonds is 11. The predicted octanol–water partition coefficient (Wildman–Crippen LogP) is 3.27. The third kappa shape index (κ3) is 7.17. The molecule has 2 aromatic rings. The maximum Gasteiger partial charge on any atom is 0.120 e. The first-order valence-electron chi connectivity index (χ1n) is 7.98. The zero-order valence-corrected chi connectivity index (χ0v) is 13.7. The van der Waals surface area contributed by atoms with E-state index in [-0.39, 0.29) is 0 Å². The normalized spacial score (nSPS) is 10.5. The van der Waals surface area contributed by atoms with Gasteiger partial charge < -0.3 is 19.5 Å². The van der Waals surface area contributed by atoms with Crippen molar-refractivity contribution in [2.45, 2.75) is 13.0 Å². The van der Waals surface area contributed by atoms with Gasteiger partial charge in [0.25, 0.3) is 0 Å². The molecule has 0 aromatic heterocycles. The topological polar surface area (TPSA) is 39.7 Å². The van der Waals surface area contributed by atoms with Gasteiger partial charge in [-0.3, -0.25) is 0 Å². The number of hydrogen-bond donors (Lipinski definition) is 1. The Kier molecular flexibility index (Phi) is 8.02. The molecule has 0 spiro atoms. The summed E-state index contributed by atoms with van der Waals surface area (Å²) in [5.74, 6) is 1.72. The van der Waals surface area contributed by atoms with Crippen molar-refractivity contribution in [2.75, 3.05) is 33.4 Å². The van der Waals surface area contributed by atoms with Crippen molar-refractivity contribution in [3.8, 4) is 11.5 Å². The second-order valence-corrected chi connectivity index (χ2v) is 5.19. The maximum atomic E-state index is 5.75. The molecular weight excluding hydrogens is 290 g/mol. The molecule has 124 valence electrons. The predicted molar refractivity (Wildman–Crippen MR) is 92.1 cm³/mol. The first-order valence-corrected chi connectivity index (χ1v) is 7.98. The molecule has 0 radical (unpaired) electrons. The van der Waals surface area contributed by atoms with E-state index in [4.69, 9.17) is 14.2 Å². The average molecular weight is 315 g/mol. The lowest BCUT2D eigenvalue weighted by atomic mass is 10.2. The molecule has 0 amide bonds. The minimum atomic E-state index is 0.578. The van der Waals surface area contributed by atoms with E-state index in [9.17, 15) is 0 Å². The second kappa shape index (κ2) is 10.6. The number of benzene rings is 2. The summed E-state index contributed by atoms with van der Waals surface area (Å²) in [5, 5.41) is 3.29. The van der Waals surface area contributed by atoms with Gasteiger partial charge in [-0.25, -0.2) is 0 Å². The van der Waals surface area contributed by atoms with Crippen LogP contribution in [0.5, 0.6) is 11.5 Å². The van der Waals surface area contributed by atoms with Crippen molar-refractivity contribution in [1.29, 1.82) is 0 Å². The van der Waals surface area contributed by atoms with Gasteiger partial charge in [-0.05, 0) is 42.8 Å². The van der Waals surface area contributed by atoms with E-state index >= 15 is 0 Å². The molecule has 4 heteroatoms. The number of nitrogens with one attached hydrogen (secondary N) is 1. The smallest absolute Gasteiger partial charge is 0.120 e. The van der Waals surface area contributed by atoms with Crippen molar-refractivity contribution in [3.63, 3.8) is 0 Å². The first kappa shape index (κ1) is 17.3. The summed E-state index contributed by atoms with van der Waals surface area (Å²) in [7, 11) is 1.71. The summed E-state index contributed by atoms with van der Waals surface area (Å²) < 4.78 is 16.4. The van der Waals surface area contributed by atoms with Crippen LogP contribution >= 0.6 is 0 Å². The number of methoxy groups -OCH3 is 1. The lowest BCUT2D eigenvalue weighted by Gasteiger charge is -2.09. The molecule has 0 saturated carbocycles. The lowest BCUT2D eigenvalue weighted by molar-refractivity contribution is 0.198. The van der Waals surface area contributed by atoms with Crippen LogP contribution in [-0.4, -0.2) is 33.4 Å². The molecular formula is C19H25NO3. The molecule has 4 nitrogen and oxygen atoms in total. The standard InChI is InChI=1S/C19H25NO3/c1-21-15-13-20-12-5-14-22-18-8-10-19(11-9-18)23-16-17-6-3-2-4-7-17/h2-4,6-11,20H,5,12-16H2,1H3. The van der Waals surface area contributed by atoms with Gasteiger partial charge in [0.1, 0.15) is 18.1 Å². The zero-order valence-electron chi connectivity index (χ0n) is 13.7. The molecule has 0 fully saturated rings. The molecule has 0 bridgehead atoms. The fourth-order valence-electron chi connectivity index (χ4n) is 2.06. The summed E-state index contributed by atoms with van der Waals surface area (Å²) in [5.41, 5.74) is 1.16. The van der Waals surface area contributed by atoms with Crippen molar-refractivity contribution in [1.82, 2.24) is 5.32 Å². The van der Waals surface area contributed by atoms with Crippen LogP contribution in [0.2, 0.25) is 0 Å². The van der Waals surface area contributed by atoms with Crippen molar-refractivity contribution in [3.05, 3.63) is 60.2 Å². The van der Waals surface area contributed by atoms with Crippen LogP contribution in [0.25, 0.3) is 0 Å². The molecule has 0 aliphatic heterocycles. The van der Waals surface area contributed by atoms with Gasteiger partial charge in [0.15, 0.2) is 0 Å². The Morgan fingerprint density at radius 2 is 1.48 bits per heavy atom. The van der Waals surface area contributed by atoms with Gasteiger partial charge in [-0.2, -0.15) is 0 Å². The van der Waals surface area contributed by atoms with E-state index in [2.05, 4.69) is 17.4 Å². The molecule has 0 heterocycles. The van der Waals surface area contributed by atoms with E-state index in [0.29, 0.717) is 13.2 Å². The largest absolute Gasteiger partial charge is 0.494 e. The maximum absolute atomic E-state index is 5.75. The van der Waals surface area contributed by atoms with Crippen molar-refractivity contribution in [2.24, 2.45) is 0 Å². The Hall–Kier alpha value is -2.04. The highest BCUT2D eigenvalue weighted by atomic mass is 16.5. The quantitative estimate of drug-likeness (QED) is 0.646. The Labute approximate surface area is 138 Å². The van der Waals surface area contributed by atoms with Gasteiger partial charge in [0, 0.05) is 13.7 Å². The monoisotopic (exact) mass is 315 g/mol. The summed E-state index contributed by atoms with van der Waals surface area (Å²) >= 11 is 0. The summed E-state index contributed by atoms with van der Waals surface area (Å²) in [6.07, 6.45) is 0.968. The highest BCUT2D eigenvalue weighted by Crippen LogP contribution is 2.18. The Balaban J connectivity index is 1.62. The molecule has 0 aliphatic carbocycles. The van der Waals surface area contributed by atoms with Gasteiger partial charge in [-0.15, -0.1) is 0 Å². The fraction of sp³-hybridized carbons (Fsp3) is 0.368. The Morgan fingerprint density at radius 3 is 2.17 bits per heavy atom. The van der Waals surface area contributed by atoms with E-state index in [0.717, 1.165) is 43.2 Å². The minimum Gasteiger partial charge on any atom is -0.494 e. The lowest BCUT2D eigenvalue weighted by Crippen LogP contribution is -2.21. The summed E-state index contributed by atoms with van der Waals surface area (Å²) in [6.45, 7) is 3.83. The van der Waals surface area contributed by atoms with Crippen LogP contribution in [-0.2, 0) is 11.3 Å². The molecule has 23 heavy (non-hydrogen) atoms. The Bertz CT molecular complexity index is 528. The summed E-state index contributed by atoms with van der Waals surface area (Å²) in [6, 6.07) is 17.9. The molecule has 2 aromatic carbocycles. The van der Waals surface area contributed by atoms with E-state index in [1.54, 1.807) is 7.11 Å². The van der Waals surface area contributed by atoms with Crippen molar-refractivity contribution >= 4 is 0 Å². The van der Waals surface area contributed by atoms with Gasteiger partial charge in [0.05, 0.1) is 13.2 Å². The molecule has 0 unspecified atom stereocenters. The molecule has 0 aliphatic rings. The Morgan fingerprint density at radius 1 is 0.783 bits per heavy atom. The summed E-state index contributed by atoms with van der Waals surface area (Å²) in [4.78, 5) is 0. The molecule has 2 rings (SSSR count). The fourth-order valence-corrected chi connectivity index (χ4v) is 2.06. The highest BCUT2D eigenvalue weighted by Gasteiger charge is 1.98. The van der Waals surface area contributed by atoms with Gasteiger partial charge in [0.2, 0.25) is 0 Å². The zero-order chi connectivity index (χ0) is 16.2. The van der Waals surface area contributed by atoms with Crippen LogP contribution in [0.4, 0.5) is 0 Å². The SMILES string of the molecule is COCCNCCCOc1ccc(OCc2ccccc2)cc1. The number of ether oxygens (including phenoxy) is 3. The van der Waals surface area contributed by atoms with Crippen LogP contribution < -0.4 is 14.8 Å². The van der Waals surface area contributed by atoms with Crippen LogP contribution in [0.1, 0.15) is 12.0 Å². The molecule has 1 N–H and O–H groups in total. The minimum absolute atomic E-state index is 0.578. The van der Waals surface area contributed by atoms with E-state index in [1.165, 1.54) is 0 Å². The highest BCUT2D eigenvalue weighted by molar-refractivity contribution is 5.31. The van der Waals surface area contributed by atoms with Crippen molar-refractivity contribution < 1.29 is 14.2 Å². The first-order chi connectivity index (χ1) is 11.4. The molecule has 0 saturated heterocycles. The number of hydrogen-bond acceptors (Lipinski definition) is 4. The average Bonchev–Trinajstić information content (AvgIpc) is 2.61. The van der Waals surface area contributed by atoms with Gasteiger partial charge >= 0.3 is 0 Å². The third-order valence-corrected chi connectivity index (χ3v) is 3.32. The van der Waals surface area contributed by atoms with Crippen LogP contribution in [0.15, 0.2) is 54.6 Å². The van der Waals surface area contributed by atoms with E-state index < -0.39 is 0 Å². The molecule has 0 atom stereocenters.